The Hall–Kier alpha value is -3.07. The predicted octanol–water partition coefficient (Wildman–Crippen LogP) is 1.01. The number of nitrogens with one attached hydrogen (secondary N) is 1. The first kappa shape index (κ1) is 21.8. The van der Waals surface area contributed by atoms with Crippen molar-refractivity contribution in [3.8, 4) is 11.4 Å². The van der Waals surface area contributed by atoms with Gasteiger partial charge in [-0.3, -0.25) is 5.43 Å². The zero-order valence-electron chi connectivity index (χ0n) is 17.7. The molecule has 0 radical (unpaired) electrons. The molecule has 2 aliphatic rings. The number of thiocarbonyl (C=S) groups is 1. The molecule has 0 spiro atoms. The molecule has 2 fully saturated rings. The Bertz CT molecular complexity index is 1250. The van der Waals surface area contributed by atoms with Crippen LogP contribution < -0.4 is 11.2 Å². The molecule has 3 atom stereocenters. The van der Waals surface area contributed by atoms with Gasteiger partial charge in [0.15, 0.2) is 22.0 Å². The first-order valence-electron chi connectivity index (χ1n) is 10.4. The molecule has 14 heteroatoms. The number of hydrogen-bond acceptors (Lipinski definition) is 9. The maximum absolute atomic E-state index is 5.98. The van der Waals surface area contributed by atoms with Crippen LogP contribution in [0.25, 0.3) is 11.4 Å². The second-order valence-electron chi connectivity index (χ2n) is 7.59. The Kier molecular flexibility index (Phi) is 5.97. The van der Waals surface area contributed by atoms with Crippen LogP contribution >= 0.6 is 24.4 Å². The Morgan fingerprint density at radius 3 is 2.88 bits per heavy atom. The molecule has 0 unspecified atom stereocenters. The largest absolute Gasteiger partial charge is 0.375 e. The number of benzene rings is 1. The average molecular weight is 487 g/mol. The molecule has 0 aliphatic carbocycles. The van der Waals surface area contributed by atoms with E-state index in [1.807, 2.05) is 41.8 Å². The Labute approximate surface area is 199 Å². The van der Waals surface area contributed by atoms with Crippen LogP contribution in [0.2, 0.25) is 0 Å². The fourth-order valence-corrected chi connectivity index (χ4v) is 4.41. The molecular formula is C19H22N10O2S2. The number of nitrogens with two attached hydrogens (primary N) is 1. The molecule has 3 aromatic rings. The Balaban J connectivity index is 1.42. The lowest BCUT2D eigenvalue weighted by Crippen LogP contribution is -2.39. The van der Waals surface area contributed by atoms with E-state index in [-0.39, 0.29) is 17.3 Å². The topological polar surface area (TPSA) is 135 Å². The summed E-state index contributed by atoms with van der Waals surface area (Å²) in [5, 5.41) is 22.0. The van der Waals surface area contributed by atoms with Crippen molar-refractivity contribution in [1.29, 1.82) is 0 Å². The van der Waals surface area contributed by atoms with Crippen LogP contribution in [0, 0.1) is 4.77 Å². The molecule has 172 valence electrons. The highest BCUT2D eigenvalue weighted by Crippen LogP contribution is 2.33. The monoisotopic (exact) mass is 486 g/mol. The number of aromatic nitrogens is 7. The van der Waals surface area contributed by atoms with Crippen LogP contribution in [0.4, 0.5) is 0 Å². The van der Waals surface area contributed by atoms with Gasteiger partial charge < -0.3 is 19.8 Å². The molecule has 12 nitrogen and oxygen atoms in total. The molecule has 2 bridgehead atoms. The minimum absolute atomic E-state index is 0.0727. The molecule has 1 aromatic carbocycles. The van der Waals surface area contributed by atoms with Gasteiger partial charge in [0.2, 0.25) is 5.82 Å². The van der Waals surface area contributed by atoms with Crippen molar-refractivity contribution in [3.63, 3.8) is 0 Å². The van der Waals surface area contributed by atoms with Crippen LogP contribution in [0.15, 0.2) is 35.4 Å². The number of rotatable bonds is 6. The van der Waals surface area contributed by atoms with Gasteiger partial charge in [0, 0.05) is 18.5 Å². The van der Waals surface area contributed by atoms with Crippen molar-refractivity contribution in [1.82, 2.24) is 40.0 Å². The van der Waals surface area contributed by atoms with Crippen molar-refractivity contribution in [2.45, 2.75) is 44.9 Å². The highest BCUT2D eigenvalue weighted by Gasteiger charge is 2.44. The summed E-state index contributed by atoms with van der Waals surface area (Å²) in [7, 11) is 0. The summed E-state index contributed by atoms with van der Waals surface area (Å²) in [4.78, 5) is 1.51. The number of ether oxygens (including phenoxy) is 2. The first-order valence-corrected chi connectivity index (χ1v) is 11.3. The highest BCUT2D eigenvalue weighted by molar-refractivity contribution is 7.80. The molecule has 2 saturated heterocycles. The van der Waals surface area contributed by atoms with Crippen molar-refractivity contribution < 1.29 is 9.47 Å². The molecule has 2 aromatic heterocycles. The van der Waals surface area contributed by atoms with Gasteiger partial charge in [-0.2, -0.15) is 15.0 Å². The van der Waals surface area contributed by atoms with E-state index >= 15 is 0 Å². The summed E-state index contributed by atoms with van der Waals surface area (Å²) < 4.78 is 16.0. The number of fused-ring (bicyclic) bond motifs is 2. The normalized spacial score (nSPS) is 23.2. The number of nitrogens with zero attached hydrogens (tertiary/aromatic N) is 8. The minimum atomic E-state index is -0.522. The van der Waals surface area contributed by atoms with Gasteiger partial charge in [0.25, 0.3) is 0 Å². The lowest BCUT2D eigenvalue weighted by Gasteiger charge is -2.28. The number of tetrazole rings is 1. The number of hydrogen-bond donors (Lipinski definition) is 2. The molecule has 4 heterocycles. The lowest BCUT2D eigenvalue weighted by atomic mass is 10.0. The van der Waals surface area contributed by atoms with Gasteiger partial charge in [0.1, 0.15) is 12.6 Å². The molecule has 33 heavy (non-hydrogen) atoms. The van der Waals surface area contributed by atoms with E-state index in [2.05, 4.69) is 25.9 Å². The molecule has 0 amide bonds. The molecular weight excluding hydrogens is 464 g/mol. The number of hydrazone groups is 1. The maximum atomic E-state index is 5.98. The first-order chi connectivity index (χ1) is 16.0. The van der Waals surface area contributed by atoms with Crippen LogP contribution in [0.1, 0.15) is 25.2 Å². The van der Waals surface area contributed by atoms with Gasteiger partial charge in [-0.25, -0.2) is 4.68 Å². The molecule has 3 N–H and O–H groups in total. The van der Waals surface area contributed by atoms with Crippen molar-refractivity contribution in [2.75, 3.05) is 6.61 Å². The van der Waals surface area contributed by atoms with E-state index in [1.165, 1.54) is 4.80 Å². The van der Waals surface area contributed by atoms with Crippen molar-refractivity contribution in [3.05, 3.63) is 40.9 Å². The van der Waals surface area contributed by atoms with Gasteiger partial charge in [-0.1, -0.05) is 30.3 Å². The van der Waals surface area contributed by atoms with E-state index < -0.39 is 6.29 Å². The van der Waals surface area contributed by atoms with Gasteiger partial charge in [-0.15, -0.1) is 10.2 Å². The van der Waals surface area contributed by atoms with Gasteiger partial charge in [-0.05, 0) is 36.6 Å². The third-order valence-corrected chi connectivity index (χ3v) is 6.00. The SMILES string of the molecule is CCn1c(Cn2nnc(-c3ccccc3)n2)nn([C@@H]2CC(=NNC(N)=S)[C@H]3OC[C@@H]2O3)c1=S. The summed E-state index contributed by atoms with van der Waals surface area (Å²) in [5.74, 6) is 1.28. The quantitative estimate of drug-likeness (QED) is 0.384. The maximum Gasteiger partial charge on any atom is 0.204 e. The molecule has 5 rings (SSSR count). The van der Waals surface area contributed by atoms with Gasteiger partial charge in [0.05, 0.1) is 18.4 Å². The third-order valence-electron chi connectivity index (χ3n) is 5.50. The van der Waals surface area contributed by atoms with Crippen LogP contribution in [-0.4, -0.2) is 64.4 Å². The van der Waals surface area contributed by atoms with E-state index in [0.717, 1.165) is 11.4 Å². The fraction of sp³-hybridized carbons (Fsp3) is 0.421. The van der Waals surface area contributed by atoms with E-state index in [9.17, 15) is 0 Å². The second kappa shape index (κ2) is 9.05. The average Bonchev–Trinajstić information content (AvgIpc) is 3.53. The summed E-state index contributed by atoms with van der Waals surface area (Å²) >= 11 is 10.6. The van der Waals surface area contributed by atoms with Gasteiger partial charge >= 0.3 is 0 Å². The molecule has 2 aliphatic heterocycles. The lowest BCUT2D eigenvalue weighted by molar-refractivity contribution is -0.0323. The summed E-state index contributed by atoms with van der Waals surface area (Å²) in [6, 6.07) is 9.51. The standard InChI is InChI=1S/C19H22N10O2S2/c1-2-27-15(9-28-25-16(22-26-28)11-6-4-3-5-7-11)24-29(19(27)33)13-8-12(21-23-18(20)32)17-30-10-14(13)31-17/h3-7,13-14,17H,2,8-10H2,1H3,(H3,20,23,32)/t13-,14+,17+/m1/s1. The third kappa shape index (κ3) is 4.29. The van der Waals surface area contributed by atoms with Crippen LogP contribution in [0.5, 0.6) is 0 Å². The Morgan fingerprint density at radius 2 is 2.12 bits per heavy atom. The van der Waals surface area contributed by atoms with E-state index in [4.69, 9.17) is 44.7 Å². The second-order valence-corrected chi connectivity index (χ2v) is 8.39. The Morgan fingerprint density at radius 1 is 1.30 bits per heavy atom. The van der Waals surface area contributed by atoms with Crippen molar-refractivity contribution >= 4 is 35.3 Å². The zero-order valence-corrected chi connectivity index (χ0v) is 19.4. The van der Waals surface area contributed by atoms with E-state index in [0.29, 0.717) is 42.4 Å². The smallest absolute Gasteiger partial charge is 0.204 e. The molecule has 0 saturated carbocycles. The van der Waals surface area contributed by atoms with Crippen LogP contribution in [0.3, 0.4) is 0 Å². The van der Waals surface area contributed by atoms with E-state index in [1.54, 1.807) is 4.68 Å². The highest BCUT2D eigenvalue weighted by atomic mass is 32.1. The fourth-order valence-electron chi connectivity index (χ4n) is 3.95. The summed E-state index contributed by atoms with van der Waals surface area (Å²) in [6.45, 7) is 3.41. The zero-order chi connectivity index (χ0) is 22.9. The summed E-state index contributed by atoms with van der Waals surface area (Å²) in [5.41, 5.74) is 9.67. The predicted molar refractivity (Wildman–Crippen MR) is 125 cm³/mol. The minimum Gasteiger partial charge on any atom is -0.375 e. The summed E-state index contributed by atoms with van der Waals surface area (Å²) in [6.07, 6.45) is -0.169. The van der Waals surface area contributed by atoms with Crippen LogP contribution in [-0.2, 0) is 22.6 Å². The van der Waals surface area contributed by atoms with Crippen molar-refractivity contribution in [2.24, 2.45) is 10.8 Å².